The average Bonchev–Trinajstić information content (AvgIpc) is 2.79. The van der Waals surface area contributed by atoms with Gasteiger partial charge in [-0.3, -0.25) is 0 Å². The second-order valence-corrected chi connectivity index (χ2v) is 8.67. The number of nitrogens with two attached hydrogens (primary N) is 1. The summed E-state index contributed by atoms with van der Waals surface area (Å²) in [6, 6.07) is 21.7. The van der Waals surface area contributed by atoms with Crippen LogP contribution in [0.1, 0.15) is 41.3 Å². The van der Waals surface area contributed by atoms with Crippen LogP contribution in [-0.4, -0.2) is 12.1 Å². The van der Waals surface area contributed by atoms with Gasteiger partial charge < -0.3 is 19.9 Å². The molecule has 166 valence electrons. The molecule has 0 amide bonds. The number of halogens is 1. The number of esters is 1. The molecule has 1 atom stereocenters. The Labute approximate surface area is 200 Å². The zero-order valence-electron chi connectivity index (χ0n) is 18.0. The van der Waals surface area contributed by atoms with Crippen LogP contribution in [0.3, 0.4) is 0 Å². The molecule has 0 aliphatic carbocycles. The molecule has 0 saturated heterocycles. The van der Waals surface area contributed by atoms with Crippen molar-refractivity contribution in [1.29, 1.82) is 5.26 Å². The van der Waals surface area contributed by atoms with Gasteiger partial charge in [0.2, 0.25) is 5.88 Å². The molecule has 6 nitrogen and oxygen atoms in total. The van der Waals surface area contributed by atoms with E-state index in [0.29, 0.717) is 28.4 Å². The summed E-state index contributed by atoms with van der Waals surface area (Å²) in [5.74, 6) is 0.562. The molecule has 3 aromatic rings. The highest BCUT2D eigenvalue weighted by Gasteiger charge is 2.31. The summed E-state index contributed by atoms with van der Waals surface area (Å²) < 4.78 is 17.8. The van der Waals surface area contributed by atoms with Crippen molar-refractivity contribution in [2.45, 2.75) is 25.9 Å². The minimum Gasteiger partial charge on any atom is -0.491 e. The quantitative estimate of drug-likeness (QED) is 0.355. The lowest BCUT2D eigenvalue weighted by molar-refractivity contribution is 0.0734. The van der Waals surface area contributed by atoms with Crippen LogP contribution in [0.25, 0.3) is 0 Å². The number of hydrogen-bond acceptors (Lipinski definition) is 6. The maximum atomic E-state index is 12.6. The van der Waals surface area contributed by atoms with Crippen LogP contribution < -0.4 is 19.9 Å². The minimum atomic E-state index is -0.507. The van der Waals surface area contributed by atoms with E-state index in [1.807, 2.05) is 38.1 Å². The summed E-state index contributed by atoms with van der Waals surface area (Å²) >= 11 is 3.43. The third kappa shape index (κ3) is 4.86. The van der Waals surface area contributed by atoms with Crippen molar-refractivity contribution in [3.63, 3.8) is 0 Å². The molecule has 1 unspecified atom stereocenters. The van der Waals surface area contributed by atoms with Gasteiger partial charge in [0.25, 0.3) is 0 Å². The zero-order valence-corrected chi connectivity index (χ0v) is 19.6. The number of ether oxygens (including phenoxy) is 3. The second-order valence-electron chi connectivity index (χ2n) is 7.76. The van der Waals surface area contributed by atoms with Gasteiger partial charge in [0.1, 0.15) is 28.9 Å². The highest BCUT2D eigenvalue weighted by Crippen LogP contribution is 2.43. The smallest absolute Gasteiger partial charge is 0.343 e. The molecule has 0 saturated carbocycles. The maximum Gasteiger partial charge on any atom is 0.343 e. The van der Waals surface area contributed by atoms with Crippen molar-refractivity contribution in [2.75, 3.05) is 0 Å². The molecule has 0 fully saturated rings. The summed E-state index contributed by atoms with van der Waals surface area (Å²) in [7, 11) is 0. The van der Waals surface area contributed by atoms with Crippen molar-refractivity contribution in [2.24, 2.45) is 5.73 Å². The van der Waals surface area contributed by atoms with Crippen molar-refractivity contribution in [3.05, 3.63) is 99.3 Å². The van der Waals surface area contributed by atoms with Crippen molar-refractivity contribution < 1.29 is 19.0 Å². The molecular weight excluding hydrogens is 484 g/mol. The largest absolute Gasteiger partial charge is 0.491 e. The first-order valence-electron chi connectivity index (χ1n) is 10.3. The van der Waals surface area contributed by atoms with Gasteiger partial charge in [0.15, 0.2) is 0 Å². The number of hydrogen-bond donors (Lipinski definition) is 1. The van der Waals surface area contributed by atoms with E-state index in [-0.39, 0.29) is 17.9 Å². The first kappa shape index (κ1) is 22.4. The number of allylic oxidation sites excluding steroid dienone is 1. The number of carbonyl (C=O) groups is 1. The van der Waals surface area contributed by atoms with E-state index in [2.05, 4.69) is 22.0 Å². The Morgan fingerprint density at radius 3 is 2.36 bits per heavy atom. The lowest BCUT2D eigenvalue weighted by atomic mass is 9.83. The Morgan fingerprint density at radius 1 is 1.06 bits per heavy atom. The topological polar surface area (TPSA) is 94.6 Å². The Hall–Kier alpha value is -3.76. The molecule has 1 aliphatic heterocycles. The lowest BCUT2D eigenvalue weighted by Gasteiger charge is -2.26. The first-order valence-corrected chi connectivity index (χ1v) is 11.1. The van der Waals surface area contributed by atoms with Crippen LogP contribution in [0.15, 0.2) is 82.7 Å². The van der Waals surface area contributed by atoms with E-state index in [9.17, 15) is 10.1 Å². The fraction of sp³-hybridized carbons (Fsp3) is 0.154. The van der Waals surface area contributed by atoms with Gasteiger partial charge in [-0.1, -0.05) is 34.1 Å². The van der Waals surface area contributed by atoms with E-state index >= 15 is 0 Å². The predicted molar refractivity (Wildman–Crippen MR) is 127 cm³/mol. The molecule has 1 heterocycles. The molecule has 3 aromatic carbocycles. The minimum absolute atomic E-state index is 0.0298. The summed E-state index contributed by atoms with van der Waals surface area (Å²) in [6.45, 7) is 3.87. The number of benzene rings is 3. The Kier molecular flexibility index (Phi) is 6.38. The van der Waals surface area contributed by atoms with Gasteiger partial charge in [0, 0.05) is 16.1 Å². The van der Waals surface area contributed by atoms with Crippen LogP contribution in [-0.2, 0) is 0 Å². The fourth-order valence-electron chi connectivity index (χ4n) is 3.61. The number of fused-ring (bicyclic) bond motifs is 1. The molecule has 0 radical (unpaired) electrons. The molecular formula is C26H21BrN2O4. The highest BCUT2D eigenvalue weighted by atomic mass is 79.9. The summed E-state index contributed by atoms with van der Waals surface area (Å²) in [5.41, 5.74) is 8.44. The number of carbonyl (C=O) groups excluding carboxylic acids is 1. The Bertz CT molecular complexity index is 1260. The molecule has 2 N–H and O–H groups in total. The normalized spacial score (nSPS) is 14.8. The first-order chi connectivity index (χ1) is 15.9. The Morgan fingerprint density at radius 2 is 1.73 bits per heavy atom. The van der Waals surface area contributed by atoms with Crippen molar-refractivity contribution in [3.8, 4) is 23.3 Å². The number of nitrogens with zero attached hydrogens (tertiary/aromatic N) is 1. The zero-order chi connectivity index (χ0) is 23.5. The van der Waals surface area contributed by atoms with Gasteiger partial charge in [-0.05, 0) is 61.9 Å². The third-order valence-corrected chi connectivity index (χ3v) is 5.59. The molecule has 1 aliphatic rings. The molecule has 0 spiro atoms. The third-order valence-electron chi connectivity index (χ3n) is 5.07. The fourth-order valence-corrected chi connectivity index (χ4v) is 3.87. The summed E-state index contributed by atoms with van der Waals surface area (Å²) in [4.78, 5) is 12.6. The monoisotopic (exact) mass is 504 g/mol. The SMILES string of the molecule is CC(C)Oc1ccc(C(=O)Oc2ccc3c(c2)OC(N)=C(C#N)C3c2ccc(Br)cc2)cc1. The molecule has 33 heavy (non-hydrogen) atoms. The van der Waals surface area contributed by atoms with Gasteiger partial charge in [-0.15, -0.1) is 0 Å². The number of rotatable bonds is 5. The standard InChI is InChI=1S/C26H21BrN2O4/c1-15(2)31-19-9-5-17(6-10-19)26(30)32-20-11-12-21-23(13-20)33-25(29)22(14-28)24(21)16-3-7-18(27)8-4-16/h3-13,15,24H,29H2,1-2H3. The highest BCUT2D eigenvalue weighted by molar-refractivity contribution is 9.10. The van der Waals surface area contributed by atoms with Crippen LogP contribution in [0, 0.1) is 11.3 Å². The predicted octanol–water partition coefficient (Wildman–Crippen LogP) is 5.67. The molecule has 0 bridgehead atoms. The van der Waals surface area contributed by atoms with Crippen LogP contribution >= 0.6 is 15.9 Å². The van der Waals surface area contributed by atoms with E-state index in [4.69, 9.17) is 19.9 Å². The van der Waals surface area contributed by atoms with E-state index in [0.717, 1.165) is 15.6 Å². The molecule has 4 rings (SSSR count). The van der Waals surface area contributed by atoms with E-state index < -0.39 is 5.97 Å². The van der Waals surface area contributed by atoms with Gasteiger partial charge in [-0.25, -0.2) is 4.79 Å². The maximum absolute atomic E-state index is 12.6. The van der Waals surface area contributed by atoms with Gasteiger partial charge in [0.05, 0.1) is 17.6 Å². The van der Waals surface area contributed by atoms with E-state index in [1.54, 1.807) is 42.5 Å². The van der Waals surface area contributed by atoms with Crippen LogP contribution in [0.5, 0.6) is 17.2 Å². The van der Waals surface area contributed by atoms with Crippen molar-refractivity contribution in [1.82, 2.24) is 0 Å². The lowest BCUT2D eigenvalue weighted by Crippen LogP contribution is -2.21. The molecule has 7 heteroatoms. The molecule has 0 aromatic heterocycles. The van der Waals surface area contributed by atoms with Crippen LogP contribution in [0.4, 0.5) is 0 Å². The average molecular weight is 505 g/mol. The second kappa shape index (κ2) is 9.39. The van der Waals surface area contributed by atoms with Crippen LogP contribution in [0.2, 0.25) is 0 Å². The summed E-state index contributed by atoms with van der Waals surface area (Å²) in [6.07, 6.45) is 0.0440. The number of nitriles is 1. The van der Waals surface area contributed by atoms with Crippen molar-refractivity contribution >= 4 is 21.9 Å². The summed E-state index contributed by atoms with van der Waals surface area (Å²) in [5, 5.41) is 9.69. The van der Waals surface area contributed by atoms with E-state index in [1.165, 1.54) is 0 Å². The van der Waals surface area contributed by atoms with Gasteiger partial charge in [-0.2, -0.15) is 5.26 Å². The Balaban J connectivity index is 1.60. The van der Waals surface area contributed by atoms with Gasteiger partial charge >= 0.3 is 5.97 Å².